The topological polar surface area (TPSA) is 78.4 Å². The van der Waals surface area contributed by atoms with Crippen molar-refractivity contribution in [1.29, 1.82) is 0 Å². The Morgan fingerprint density at radius 1 is 1.37 bits per heavy atom. The van der Waals surface area contributed by atoms with Gasteiger partial charge in [-0.05, 0) is 6.07 Å². The maximum Gasteiger partial charge on any atom is 0.401 e. The SMILES string of the molecule is O=C(CN(CCO)CC(F)(F)F)Nc1ncccn1. The normalized spacial score (nSPS) is 11.6. The van der Waals surface area contributed by atoms with Crippen LogP contribution in [-0.2, 0) is 4.79 Å². The van der Waals surface area contributed by atoms with E-state index in [0.29, 0.717) is 0 Å². The second-order valence-electron chi connectivity index (χ2n) is 3.67. The average molecular weight is 278 g/mol. The lowest BCUT2D eigenvalue weighted by atomic mass is 10.4. The minimum Gasteiger partial charge on any atom is -0.395 e. The van der Waals surface area contributed by atoms with Crippen LogP contribution in [0.3, 0.4) is 0 Å². The van der Waals surface area contributed by atoms with Crippen molar-refractivity contribution >= 4 is 11.9 Å². The predicted octanol–water partition coefficient (Wildman–Crippen LogP) is 0.272. The second kappa shape index (κ2) is 7.00. The Morgan fingerprint density at radius 3 is 2.53 bits per heavy atom. The minimum atomic E-state index is -4.43. The molecule has 1 aromatic rings. The first-order valence-corrected chi connectivity index (χ1v) is 5.37. The lowest BCUT2D eigenvalue weighted by Crippen LogP contribution is -2.41. The number of alkyl halides is 3. The molecule has 0 aliphatic heterocycles. The highest BCUT2D eigenvalue weighted by Crippen LogP contribution is 2.16. The zero-order valence-corrected chi connectivity index (χ0v) is 9.89. The molecule has 0 atom stereocenters. The highest BCUT2D eigenvalue weighted by Gasteiger charge is 2.31. The van der Waals surface area contributed by atoms with Crippen LogP contribution in [0.5, 0.6) is 0 Å². The van der Waals surface area contributed by atoms with Gasteiger partial charge in [-0.3, -0.25) is 15.0 Å². The van der Waals surface area contributed by atoms with Crippen molar-refractivity contribution in [1.82, 2.24) is 14.9 Å². The number of aliphatic hydroxyl groups excluding tert-OH is 1. The van der Waals surface area contributed by atoms with E-state index in [-0.39, 0.29) is 12.5 Å². The second-order valence-corrected chi connectivity index (χ2v) is 3.67. The number of hydrogen-bond acceptors (Lipinski definition) is 5. The molecule has 0 spiro atoms. The van der Waals surface area contributed by atoms with E-state index < -0.39 is 31.8 Å². The minimum absolute atomic E-state index is 0.0171. The predicted molar refractivity (Wildman–Crippen MR) is 60.2 cm³/mol. The number of carbonyl (C=O) groups is 1. The summed E-state index contributed by atoms with van der Waals surface area (Å²) in [7, 11) is 0. The van der Waals surface area contributed by atoms with Crippen LogP contribution < -0.4 is 5.32 Å². The summed E-state index contributed by atoms with van der Waals surface area (Å²) in [6.07, 6.45) is -1.65. The lowest BCUT2D eigenvalue weighted by Gasteiger charge is -2.21. The summed E-state index contributed by atoms with van der Waals surface area (Å²) in [6, 6.07) is 1.54. The van der Waals surface area contributed by atoms with Gasteiger partial charge >= 0.3 is 6.18 Å². The van der Waals surface area contributed by atoms with Crippen molar-refractivity contribution in [3.63, 3.8) is 0 Å². The van der Waals surface area contributed by atoms with Gasteiger partial charge in [-0.2, -0.15) is 13.2 Å². The van der Waals surface area contributed by atoms with Crippen LogP contribution in [0.25, 0.3) is 0 Å². The molecule has 0 aromatic carbocycles. The zero-order chi connectivity index (χ0) is 14.3. The fourth-order valence-corrected chi connectivity index (χ4v) is 1.34. The molecule has 1 rings (SSSR count). The number of nitrogens with one attached hydrogen (secondary N) is 1. The third kappa shape index (κ3) is 6.67. The number of halogens is 3. The van der Waals surface area contributed by atoms with Gasteiger partial charge in [-0.1, -0.05) is 0 Å². The van der Waals surface area contributed by atoms with Gasteiger partial charge in [0.05, 0.1) is 19.7 Å². The molecule has 0 unspecified atom stereocenters. The number of amides is 1. The van der Waals surface area contributed by atoms with Gasteiger partial charge in [0.1, 0.15) is 0 Å². The van der Waals surface area contributed by atoms with Crippen molar-refractivity contribution in [2.45, 2.75) is 6.18 Å². The molecule has 0 saturated heterocycles. The van der Waals surface area contributed by atoms with E-state index in [2.05, 4.69) is 15.3 Å². The number of hydrogen-bond donors (Lipinski definition) is 2. The van der Waals surface area contributed by atoms with Gasteiger partial charge in [0.2, 0.25) is 11.9 Å². The summed E-state index contributed by atoms with van der Waals surface area (Å²) in [5.41, 5.74) is 0. The van der Waals surface area contributed by atoms with E-state index in [1.807, 2.05) is 0 Å². The highest BCUT2D eigenvalue weighted by molar-refractivity contribution is 5.90. The Morgan fingerprint density at radius 2 is 2.00 bits per heavy atom. The van der Waals surface area contributed by atoms with Crippen molar-refractivity contribution in [3.05, 3.63) is 18.5 Å². The summed E-state index contributed by atoms with van der Waals surface area (Å²) in [5.74, 6) is -0.660. The fourth-order valence-electron chi connectivity index (χ4n) is 1.34. The zero-order valence-electron chi connectivity index (χ0n) is 9.89. The summed E-state index contributed by atoms with van der Waals surface area (Å²) >= 11 is 0. The Kier molecular flexibility index (Phi) is 5.64. The monoisotopic (exact) mass is 278 g/mol. The van der Waals surface area contributed by atoms with Crippen molar-refractivity contribution in [2.75, 3.05) is 31.6 Å². The Balaban J connectivity index is 2.51. The average Bonchev–Trinajstić information content (AvgIpc) is 2.28. The number of aliphatic hydroxyl groups is 1. The van der Waals surface area contributed by atoms with E-state index in [1.165, 1.54) is 18.5 Å². The molecule has 2 N–H and O–H groups in total. The number of nitrogens with zero attached hydrogens (tertiary/aromatic N) is 3. The van der Waals surface area contributed by atoms with Crippen molar-refractivity contribution in [2.24, 2.45) is 0 Å². The lowest BCUT2D eigenvalue weighted by molar-refractivity contribution is -0.148. The molecule has 9 heteroatoms. The van der Waals surface area contributed by atoms with Crippen LogP contribution in [-0.4, -0.2) is 58.3 Å². The number of anilines is 1. The Labute approximate surface area is 107 Å². The maximum atomic E-state index is 12.2. The van der Waals surface area contributed by atoms with E-state index in [0.717, 1.165) is 4.90 Å². The molecule has 1 aromatic heterocycles. The molecule has 0 saturated carbocycles. The summed E-state index contributed by atoms with van der Waals surface area (Å²) in [4.78, 5) is 19.7. The van der Waals surface area contributed by atoms with Gasteiger partial charge in [0.25, 0.3) is 0 Å². The quantitative estimate of drug-likeness (QED) is 0.781. The molecule has 1 amide bonds. The largest absolute Gasteiger partial charge is 0.401 e. The third-order valence-electron chi connectivity index (χ3n) is 2.00. The first-order chi connectivity index (χ1) is 8.90. The van der Waals surface area contributed by atoms with E-state index in [9.17, 15) is 18.0 Å². The van der Waals surface area contributed by atoms with Gasteiger partial charge < -0.3 is 5.11 Å². The smallest absolute Gasteiger partial charge is 0.395 e. The van der Waals surface area contributed by atoms with Crippen LogP contribution in [0, 0.1) is 0 Å². The van der Waals surface area contributed by atoms with Crippen molar-refractivity contribution in [3.8, 4) is 0 Å². The maximum absolute atomic E-state index is 12.2. The first kappa shape index (κ1) is 15.3. The Bertz CT molecular complexity index is 400. The summed E-state index contributed by atoms with van der Waals surface area (Å²) in [6.45, 7) is -2.48. The number of carbonyl (C=O) groups excluding carboxylic acids is 1. The van der Waals surface area contributed by atoms with Crippen LogP contribution in [0.15, 0.2) is 18.5 Å². The standard InChI is InChI=1S/C10H13F3N4O2/c11-10(12,13)7-17(4-5-18)6-8(19)16-9-14-2-1-3-15-9/h1-3,18H,4-7H2,(H,14,15,16,19). The molecule has 6 nitrogen and oxygen atoms in total. The van der Waals surface area contributed by atoms with E-state index in [1.54, 1.807) is 0 Å². The highest BCUT2D eigenvalue weighted by atomic mass is 19.4. The van der Waals surface area contributed by atoms with Crippen molar-refractivity contribution < 1.29 is 23.1 Å². The molecular weight excluding hydrogens is 265 g/mol. The molecule has 0 aliphatic carbocycles. The van der Waals surface area contributed by atoms with Gasteiger partial charge in [-0.15, -0.1) is 0 Å². The number of aromatic nitrogens is 2. The third-order valence-corrected chi connectivity index (χ3v) is 2.00. The van der Waals surface area contributed by atoms with Gasteiger partial charge in [-0.25, -0.2) is 9.97 Å². The van der Waals surface area contributed by atoms with E-state index in [4.69, 9.17) is 5.11 Å². The molecule has 0 radical (unpaired) electrons. The molecule has 106 valence electrons. The van der Waals surface area contributed by atoms with Crippen LogP contribution in [0.1, 0.15) is 0 Å². The molecule has 0 aliphatic rings. The first-order valence-electron chi connectivity index (χ1n) is 5.37. The fraction of sp³-hybridized carbons (Fsp3) is 0.500. The molecular formula is C10H13F3N4O2. The summed E-state index contributed by atoms with van der Waals surface area (Å²) < 4.78 is 36.7. The van der Waals surface area contributed by atoms with Crippen LogP contribution in [0.2, 0.25) is 0 Å². The van der Waals surface area contributed by atoms with Crippen LogP contribution in [0.4, 0.5) is 19.1 Å². The Hall–Kier alpha value is -1.74. The van der Waals surface area contributed by atoms with Crippen LogP contribution >= 0.6 is 0 Å². The van der Waals surface area contributed by atoms with Gasteiger partial charge in [0, 0.05) is 18.9 Å². The summed E-state index contributed by atoms with van der Waals surface area (Å²) in [5, 5.41) is 10.9. The molecule has 0 fully saturated rings. The molecule has 0 bridgehead atoms. The molecule has 1 heterocycles. The van der Waals surface area contributed by atoms with Gasteiger partial charge in [0.15, 0.2) is 0 Å². The number of rotatable bonds is 6. The van der Waals surface area contributed by atoms with E-state index >= 15 is 0 Å². The molecule has 19 heavy (non-hydrogen) atoms.